The molecule has 0 aliphatic carbocycles. The summed E-state index contributed by atoms with van der Waals surface area (Å²) in [6, 6.07) is 8.04. The SMILES string of the molecule is C=CCN1C(=O)[C@]2(SC1=S)[C@H](c1cccnc1)CN(C)[C@@]21C(=O)N(C)c2ccc(F)cc21. The number of hydrogen-bond acceptors (Lipinski definition) is 6. The van der Waals surface area contributed by atoms with E-state index in [1.807, 2.05) is 24.1 Å². The van der Waals surface area contributed by atoms with Gasteiger partial charge in [0, 0.05) is 49.7 Å². The highest BCUT2D eigenvalue weighted by atomic mass is 32.2. The number of benzene rings is 1. The van der Waals surface area contributed by atoms with Gasteiger partial charge in [-0.15, -0.1) is 6.58 Å². The molecule has 6 nitrogen and oxygen atoms in total. The summed E-state index contributed by atoms with van der Waals surface area (Å²) in [6.07, 6.45) is 5.01. The molecule has 2 aromatic rings. The first-order valence-corrected chi connectivity index (χ1v) is 11.4. The van der Waals surface area contributed by atoms with E-state index in [-0.39, 0.29) is 18.4 Å². The molecule has 3 aliphatic rings. The van der Waals surface area contributed by atoms with Crippen molar-refractivity contribution in [3.05, 3.63) is 72.3 Å². The van der Waals surface area contributed by atoms with Crippen LogP contribution < -0.4 is 4.90 Å². The number of thioether (sulfide) groups is 1. The zero-order chi connectivity index (χ0) is 22.8. The highest BCUT2D eigenvalue weighted by Gasteiger charge is 2.78. The molecule has 1 aromatic heterocycles. The van der Waals surface area contributed by atoms with Gasteiger partial charge in [-0.3, -0.25) is 24.4 Å². The maximum absolute atomic E-state index is 14.5. The van der Waals surface area contributed by atoms with Crippen LogP contribution >= 0.6 is 24.0 Å². The minimum atomic E-state index is -1.42. The summed E-state index contributed by atoms with van der Waals surface area (Å²) in [7, 11) is 3.48. The fourth-order valence-corrected chi connectivity index (χ4v) is 7.68. The number of fused-ring (bicyclic) bond motifs is 3. The third-order valence-electron chi connectivity index (χ3n) is 6.81. The number of carbonyl (C=O) groups excluding carboxylic acids is 2. The minimum absolute atomic E-state index is 0.242. The van der Waals surface area contributed by atoms with E-state index in [0.717, 1.165) is 5.56 Å². The first kappa shape index (κ1) is 21.2. The Morgan fingerprint density at radius 3 is 2.78 bits per heavy atom. The lowest BCUT2D eigenvalue weighted by Gasteiger charge is -2.42. The van der Waals surface area contributed by atoms with E-state index in [1.165, 1.54) is 33.7 Å². The molecule has 164 valence electrons. The number of likely N-dealkylation sites (N-methyl/N-ethyl adjacent to an activating group) is 2. The molecule has 0 bridgehead atoms. The van der Waals surface area contributed by atoms with Crippen LogP contribution in [0.3, 0.4) is 0 Å². The number of pyridine rings is 1. The zero-order valence-electron chi connectivity index (χ0n) is 17.6. The number of hydrogen-bond donors (Lipinski definition) is 0. The number of anilines is 1. The van der Waals surface area contributed by atoms with Gasteiger partial charge in [-0.2, -0.15) is 0 Å². The lowest BCUT2D eigenvalue weighted by atomic mass is 9.72. The van der Waals surface area contributed by atoms with Crippen LogP contribution in [0, 0.1) is 5.82 Å². The summed E-state index contributed by atoms with van der Waals surface area (Å²) in [5.74, 6) is -1.38. The molecule has 4 heterocycles. The molecule has 1 aromatic carbocycles. The highest BCUT2D eigenvalue weighted by Crippen LogP contribution is 2.66. The number of thiocarbonyl (C=S) groups is 1. The predicted octanol–water partition coefficient (Wildman–Crippen LogP) is 2.91. The molecule has 2 amide bonds. The van der Waals surface area contributed by atoms with Gasteiger partial charge in [-0.1, -0.05) is 36.1 Å². The molecule has 0 saturated carbocycles. The average molecular weight is 469 g/mol. The summed E-state index contributed by atoms with van der Waals surface area (Å²) in [6.45, 7) is 4.41. The maximum atomic E-state index is 14.5. The van der Waals surface area contributed by atoms with Crippen molar-refractivity contribution in [1.29, 1.82) is 0 Å². The second-order valence-corrected chi connectivity index (χ2v) is 10.1. The van der Waals surface area contributed by atoms with Crippen molar-refractivity contribution in [2.75, 3.05) is 32.1 Å². The Hall–Kier alpha value is -2.62. The summed E-state index contributed by atoms with van der Waals surface area (Å²) in [4.78, 5) is 37.5. The van der Waals surface area contributed by atoms with E-state index in [1.54, 1.807) is 31.6 Å². The fourth-order valence-electron chi connectivity index (χ4n) is 5.54. The van der Waals surface area contributed by atoms with Gasteiger partial charge in [0.1, 0.15) is 14.9 Å². The van der Waals surface area contributed by atoms with E-state index in [2.05, 4.69) is 11.6 Å². The summed E-state index contributed by atoms with van der Waals surface area (Å²) in [5.41, 5.74) is 0.501. The normalized spacial score (nSPS) is 29.6. The Kier molecular flexibility index (Phi) is 4.77. The van der Waals surface area contributed by atoms with Crippen molar-refractivity contribution in [2.45, 2.75) is 16.2 Å². The smallest absolute Gasteiger partial charge is 0.254 e. The first-order chi connectivity index (χ1) is 15.3. The molecule has 2 fully saturated rings. The summed E-state index contributed by atoms with van der Waals surface area (Å²) in [5, 5.41) is 0. The second-order valence-electron chi connectivity index (χ2n) is 8.26. The van der Waals surface area contributed by atoms with E-state index in [4.69, 9.17) is 12.2 Å². The van der Waals surface area contributed by atoms with Crippen LogP contribution in [-0.2, 0) is 15.1 Å². The highest BCUT2D eigenvalue weighted by molar-refractivity contribution is 8.25. The van der Waals surface area contributed by atoms with E-state index in [0.29, 0.717) is 22.1 Å². The van der Waals surface area contributed by atoms with Crippen molar-refractivity contribution in [2.24, 2.45) is 0 Å². The van der Waals surface area contributed by atoms with Gasteiger partial charge in [-0.05, 0) is 36.9 Å². The van der Waals surface area contributed by atoms with E-state index in [9.17, 15) is 14.0 Å². The van der Waals surface area contributed by atoms with Crippen LogP contribution in [0.5, 0.6) is 0 Å². The lowest BCUT2D eigenvalue weighted by molar-refractivity contribution is -0.138. The second kappa shape index (κ2) is 7.19. The van der Waals surface area contributed by atoms with Gasteiger partial charge in [0.15, 0.2) is 5.54 Å². The molecule has 9 heteroatoms. The van der Waals surface area contributed by atoms with Crippen LogP contribution in [-0.4, -0.2) is 62.9 Å². The maximum Gasteiger partial charge on any atom is 0.254 e. The molecule has 32 heavy (non-hydrogen) atoms. The van der Waals surface area contributed by atoms with Crippen LogP contribution in [0.15, 0.2) is 55.4 Å². The van der Waals surface area contributed by atoms with Crippen LogP contribution in [0.25, 0.3) is 0 Å². The standard InChI is InChI=1S/C23H21FN4O2S2/c1-4-10-28-20(30)23(32-21(28)31)17(14-6-5-9-25-12-14)13-26(2)22(23)16-11-15(24)7-8-18(16)27(3)19(22)29/h4-9,11-12,17H,1,10,13H2,2-3H3/t17-,22-,23+/m0/s1. The fraction of sp³-hybridized carbons (Fsp3) is 0.304. The predicted molar refractivity (Wildman–Crippen MR) is 126 cm³/mol. The van der Waals surface area contributed by atoms with Crippen molar-refractivity contribution in [3.63, 3.8) is 0 Å². The molecule has 2 saturated heterocycles. The number of nitrogens with zero attached hydrogens (tertiary/aromatic N) is 4. The van der Waals surface area contributed by atoms with Gasteiger partial charge < -0.3 is 4.90 Å². The quantitative estimate of drug-likeness (QED) is 0.510. The number of aromatic nitrogens is 1. The van der Waals surface area contributed by atoms with Crippen LogP contribution in [0.1, 0.15) is 17.0 Å². The van der Waals surface area contributed by atoms with Crippen molar-refractivity contribution in [3.8, 4) is 0 Å². The van der Waals surface area contributed by atoms with Crippen molar-refractivity contribution in [1.82, 2.24) is 14.8 Å². The molecule has 0 N–H and O–H groups in total. The van der Waals surface area contributed by atoms with Crippen molar-refractivity contribution < 1.29 is 14.0 Å². The molecule has 5 rings (SSSR count). The molecule has 2 spiro atoms. The third kappa shape index (κ3) is 2.39. The van der Waals surface area contributed by atoms with Gasteiger partial charge >= 0.3 is 0 Å². The molecular formula is C23H21FN4O2S2. The van der Waals surface area contributed by atoms with Gasteiger partial charge in [0.25, 0.3) is 5.91 Å². The largest absolute Gasteiger partial charge is 0.313 e. The number of carbonyl (C=O) groups is 2. The Balaban J connectivity index is 1.85. The monoisotopic (exact) mass is 468 g/mol. The van der Waals surface area contributed by atoms with Crippen molar-refractivity contribution >= 4 is 45.8 Å². The first-order valence-electron chi connectivity index (χ1n) is 10.2. The third-order valence-corrected chi connectivity index (χ3v) is 8.75. The molecule has 0 unspecified atom stereocenters. The van der Waals surface area contributed by atoms with Gasteiger partial charge in [-0.25, -0.2) is 4.39 Å². The topological polar surface area (TPSA) is 56.8 Å². The summed E-state index contributed by atoms with van der Waals surface area (Å²) >= 11 is 6.86. The number of likely N-dealkylation sites (tertiary alicyclic amines) is 1. The molecular weight excluding hydrogens is 447 g/mol. The zero-order valence-corrected chi connectivity index (χ0v) is 19.3. The van der Waals surface area contributed by atoms with Crippen LogP contribution in [0.2, 0.25) is 0 Å². The van der Waals surface area contributed by atoms with Crippen LogP contribution in [0.4, 0.5) is 10.1 Å². The molecule has 0 radical (unpaired) electrons. The Labute approximate surface area is 195 Å². The van der Waals surface area contributed by atoms with E-state index < -0.39 is 22.0 Å². The molecule has 3 aliphatic heterocycles. The Bertz CT molecular complexity index is 1180. The van der Waals surface area contributed by atoms with Gasteiger partial charge in [0.2, 0.25) is 5.91 Å². The number of rotatable bonds is 3. The molecule has 3 atom stereocenters. The number of halogens is 1. The van der Waals surface area contributed by atoms with E-state index >= 15 is 0 Å². The minimum Gasteiger partial charge on any atom is -0.313 e. The van der Waals surface area contributed by atoms with Gasteiger partial charge in [0.05, 0.1) is 0 Å². The average Bonchev–Trinajstić information content (AvgIpc) is 3.28. The lowest BCUT2D eigenvalue weighted by Crippen LogP contribution is -2.62. The number of amides is 2. The Morgan fingerprint density at radius 2 is 2.09 bits per heavy atom. The summed E-state index contributed by atoms with van der Waals surface area (Å²) < 4.78 is 13.6. The Morgan fingerprint density at radius 1 is 1.31 bits per heavy atom.